The molecule has 0 bridgehead atoms. The number of aliphatic hydroxyl groups is 2. The molecule has 0 aromatic heterocycles. The molecule has 178 valence electrons. The highest BCUT2D eigenvalue weighted by atomic mass is 16.3. The summed E-state index contributed by atoms with van der Waals surface area (Å²) in [4.78, 5) is 28.3. The lowest BCUT2D eigenvalue weighted by Gasteiger charge is -2.51. The van der Waals surface area contributed by atoms with Gasteiger partial charge in [0.2, 0.25) is 11.8 Å². The van der Waals surface area contributed by atoms with Crippen molar-refractivity contribution < 1.29 is 19.8 Å². The number of rotatable bonds is 10. The quantitative estimate of drug-likeness (QED) is 0.456. The van der Waals surface area contributed by atoms with Crippen molar-refractivity contribution in [2.45, 2.75) is 128 Å². The second kappa shape index (κ2) is 9.01. The lowest BCUT2D eigenvalue weighted by molar-refractivity contribution is -0.167. The Morgan fingerprint density at radius 1 is 0.774 bits per heavy atom. The van der Waals surface area contributed by atoms with Crippen molar-refractivity contribution in [3.05, 3.63) is 0 Å². The largest absolute Gasteiger partial charge is 0.388 e. The average Bonchev–Trinajstić information content (AvgIpc) is 3.20. The molecule has 3 aliphatic carbocycles. The minimum Gasteiger partial charge on any atom is -0.388 e. The Kier molecular flexibility index (Phi) is 7.12. The molecule has 6 nitrogen and oxygen atoms in total. The topological polar surface area (TPSA) is 104 Å². The highest BCUT2D eigenvalue weighted by molar-refractivity contribution is 6.07. The fourth-order valence-corrected chi connectivity index (χ4v) is 6.16. The van der Waals surface area contributed by atoms with Gasteiger partial charge in [0.25, 0.3) is 0 Å². The Balaban J connectivity index is 2.11. The Labute approximate surface area is 187 Å². The minimum atomic E-state index is -1.16. The van der Waals surface area contributed by atoms with Gasteiger partial charge in [0.15, 0.2) is 0 Å². The predicted octanol–water partition coefficient (Wildman–Crippen LogP) is 3.52. The number of hydrogen-bond donors (Lipinski definition) is 3. The van der Waals surface area contributed by atoms with Crippen LogP contribution in [0.25, 0.3) is 0 Å². The molecule has 0 spiro atoms. The molecule has 0 aromatic rings. The van der Waals surface area contributed by atoms with Gasteiger partial charge in [-0.3, -0.25) is 9.59 Å². The molecule has 0 saturated heterocycles. The van der Waals surface area contributed by atoms with Crippen molar-refractivity contribution in [3.63, 3.8) is 0 Å². The van der Waals surface area contributed by atoms with Crippen molar-refractivity contribution in [2.24, 2.45) is 23.0 Å². The van der Waals surface area contributed by atoms with Gasteiger partial charge in [-0.05, 0) is 63.2 Å². The normalized spacial score (nSPS) is 25.5. The maximum absolute atomic E-state index is 14.1. The van der Waals surface area contributed by atoms with E-state index in [1.165, 1.54) is 0 Å². The SMILES string of the molecule is CC(C)C[C@@H](N(C(=O)C1(C(N)=O)CC1)[C@H](CC(C)C)C1(O)CCCC1)C1(O)CCCC1. The summed E-state index contributed by atoms with van der Waals surface area (Å²) in [6.07, 6.45) is 8.63. The van der Waals surface area contributed by atoms with Crippen molar-refractivity contribution >= 4 is 11.8 Å². The van der Waals surface area contributed by atoms with E-state index in [4.69, 9.17) is 5.73 Å². The molecule has 0 aromatic carbocycles. The number of nitrogens with two attached hydrogens (primary N) is 1. The highest BCUT2D eigenvalue weighted by Crippen LogP contribution is 2.51. The molecule has 3 fully saturated rings. The van der Waals surface area contributed by atoms with Crippen LogP contribution in [0.2, 0.25) is 0 Å². The Morgan fingerprint density at radius 2 is 1.13 bits per heavy atom. The third-order valence-electron chi connectivity index (χ3n) is 8.11. The Bertz CT molecular complexity index is 622. The van der Waals surface area contributed by atoms with E-state index < -0.39 is 34.6 Å². The number of hydrogen-bond acceptors (Lipinski definition) is 4. The van der Waals surface area contributed by atoms with Gasteiger partial charge in [0, 0.05) is 0 Å². The van der Waals surface area contributed by atoms with Crippen LogP contribution in [0.15, 0.2) is 0 Å². The van der Waals surface area contributed by atoms with E-state index in [0.29, 0.717) is 51.4 Å². The van der Waals surface area contributed by atoms with Crippen LogP contribution in [0.4, 0.5) is 0 Å². The van der Waals surface area contributed by atoms with Crippen LogP contribution < -0.4 is 5.73 Å². The van der Waals surface area contributed by atoms with Gasteiger partial charge in [0.05, 0.1) is 23.3 Å². The van der Waals surface area contributed by atoms with Crippen molar-refractivity contribution in [1.82, 2.24) is 4.90 Å². The molecule has 0 radical (unpaired) electrons. The van der Waals surface area contributed by atoms with Gasteiger partial charge in [-0.1, -0.05) is 53.4 Å². The predicted molar refractivity (Wildman–Crippen MR) is 121 cm³/mol. The third-order valence-corrected chi connectivity index (χ3v) is 8.11. The van der Waals surface area contributed by atoms with Crippen molar-refractivity contribution in [3.8, 4) is 0 Å². The van der Waals surface area contributed by atoms with E-state index in [1.54, 1.807) is 0 Å². The fraction of sp³-hybridized carbons (Fsp3) is 0.920. The lowest BCUT2D eigenvalue weighted by Crippen LogP contribution is -2.65. The summed E-state index contributed by atoms with van der Waals surface area (Å²) >= 11 is 0. The van der Waals surface area contributed by atoms with Crippen LogP contribution in [-0.4, -0.2) is 50.2 Å². The molecule has 31 heavy (non-hydrogen) atoms. The number of carbonyl (C=O) groups excluding carboxylic acids is 2. The number of nitrogens with zero attached hydrogens (tertiary/aromatic N) is 1. The molecule has 0 unspecified atom stereocenters. The molecule has 0 aliphatic heterocycles. The first-order chi connectivity index (χ1) is 14.5. The van der Waals surface area contributed by atoms with Gasteiger partial charge in [0.1, 0.15) is 5.41 Å². The van der Waals surface area contributed by atoms with Gasteiger partial charge < -0.3 is 20.8 Å². The maximum atomic E-state index is 14.1. The first kappa shape index (κ1) is 24.5. The molecule has 0 heterocycles. The maximum Gasteiger partial charge on any atom is 0.238 e. The van der Waals surface area contributed by atoms with E-state index in [1.807, 2.05) is 4.90 Å². The summed E-state index contributed by atoms with van der Waals surface area (Å²) in [6.45, 7) is 8.43. The van der Waals surface area contributed by atoms with Crippen LogP contribution in [0.3, 0.4) is 0 Å². The minimum absolute atomic E-state index is 0.253. The molecule has 6 heteroatoms. The van der Waals surface area contributed by atoms with E-state index in [9.17, 15) is 19.8 Å². The molecule has 2 amide bonds. The van der Waals surface area contributed by atoms with Crippen LogP contribution in [-0.2, 0) is 9.59 Å². The average molecular weight is 437 g/mol. The third kappa shape index (κ3) is 4.80. The van der Waals surface area contributed by atoms with Crippen molar-refractivity contribution in [1.29, 1.82) is 0 Å². The summed E-state index contributed by atoms with van der Waals surface area (Å²) in [5.74, 6) is -0.277. The van der Waals surface area contributed by atoms with E-state index in [0.717, 1.165) is 25.7 Å². The van der Waals surface area contributed by atoms with Gasteiger partial charge in [-0.2, -0.15) is 0 Å². The van der Waals surface area contributed by atoms with Crippen LogP contribution in [0.1, 0.15) is 105 Å². The Hall–Kier alpha value is -1.14. The molecule has 3 aliphatic rings. The fourth-order valence-electron chi connectivity index (χ4n) is 6.16. The number of carbonyl (C=O) groups is 2. The summed E-state index contributed by atoms with van der Waals surface area (Å²) in [7, 11) is 0. The Morgan fingerprint density at radius 3 is 1.39 bits per heavy atom. The van der Waals surface area contributed by atoms with E-state index in [2.05, 4.69) is 27.7 Å². The summed E-state index contributed by atoms with van der Waals surface area (Å²) in [6, 6.07) is -0.819. The van der Waals surface area contributed by atoms with Crippen molar-refractivity contribution in [2.75, 3.05) is 0 Å². The monoisotopic (exact) mass is 436 g/mol. The molecule has 3 saturated carbocycles. The molecule has 2 atom stereocenters. The standard InChI is InChI=1S/C25H44N2O4/c1-17(2)15-19(24(30)9-5-6-10-24)27(22(29)23(13-14-23)21(26)28)20(16-18(3)4)25(31)11-7-8-12-25/h17-20,30-31H,5-16H2,1-4H3,(H2,26,28)/t19-,20-/m1/s1. The number of primary amides is 1. The second-order valence-corrected chi connectivity index (χ2v) is 11.6. The van der Waals surface area contributed by atoms with Gasteiger partial charge >= 0.3 is 0 Å². The first-order valence-electron chi connectivity index (χ1n) is 12.5. The van der Waals surface area contributed by atoms with E-state index in [-0.39, 0.29) is 17.7 Å². The number of amides is 2. The molecule has 3 rings (SSSR count). The summed E-state index contributed by atoms with van der Waals surface area (Å²) in [5.41, 5.74) is 2.63. The van der Waals surface area contributed by atoms with Crippen LogP contribution in [0.5, 0.6) is 0 Å². The zero-order chi connectivity index (χ0) is 23.0. The lowest BCUT2D eigenvalue weighted by atomic mass is 9.78. The van der Waals surface area contributed by atoms with Crippen LogP contribution >= 0.6 is 0 Å². The smallest absolute Gasteiger partial charge is 0.238 e. The second-order valence-electron chi connectivity index (χ2n) is 11.6. The zero-order valence-electron chi connectivity index (χ0n) is 20.0. The van der Waals surface area contributed by atoms with Gasteiger partial charge in [-0.15, -0.1) is 0 Å². The molecule has 4 N–H and O–H groups in total. The molecular formula is C25H44N2O4. The summed E-state index contributed by atoms with van der Waals surface area (Å²) < 4.78 is 0. The molecular weight excluding hydrogens is 392 g/mol. The van der Waals surface area contributed by atoms with Crippen LogP contribution in [0, 0.1) is 17.3 Å². The van der Waals surface area contributed by atoms with Gasteiger partial charge in [-0.25, -0.2) is 0 Å². The van der Waals surface area contributed by atoms with E-state index >= 15 is 0 Å². The summed E-state index contributed by atoms with van der Waals surface area (Å²) in [5, 5.41) is 23.5. The zero-order valence-corrected chi connectivity index (χ0v) is 20.0. The first-order valence-corrected chi connectivity index (χ1v) is 12.5. The highest BCUT2D eigenvalue weighted by Gasteiger charge is 2.62.